The zero-order valence-corrected chi connectivity index (χ0v) is 18.7. The Morgan fingerprint density at radius 1 is 1.42 bits per heavy atom. The molecule has 0 bridgehead atoms. The maximum absolute atomic E-state index is 13.5. The second kappa shape index (κ2) is 10.4. The summed E-state index contributed by atoms with van der Waals surface area (Å²) >= 11 is 1.66. The third-order valence-corrected chi connectivity index (χ3v) is 5.99. The Labute approximate surface area is 186 Å². The smallest absolute Gasteiger partial charge is 0.318 e. The van der Waals surface area contributed by atoms with Crippen LogP contribution < -0.4 is 10.1 Å². The van der Waals surface area contributed by atoms with E-state index in [1.807, 2.05) is 25.3 Å². The van der Waals surface area contributed by atoms with Crippen LogP contribution in [0.5, 0.6) is 5.75 Å². The lowest BCUT2D eigenvalue weighted by Crippen LogP contribution is -2.50. The molecule has 0 aliphatic carbocycles. The molecule has 8 heteroatoms. The van der Waals surface area contributed by atoms with Crippen molar-refractivity contribution < 1.29 is 18.7 Å². The number of nitrogens with one attached hydrogen (secondary N) is 1. The number of rotatable bonds is 8. The molecule has 1 unspecified atom stereocenters. The number of hydrogen-bond acceptors (Lipinski definition) is 4. The minimum Gasteiger partial charge on any atom is -0.491 e. The molecule has 1 aliphatic heterocycles. The summed E-state index contributed by atoms with van der Waals surface area (Å²) in [5, 5.41) is 4.83. The van der Waals surface area contributed by atoms with Gasteiger partial charge in [0.25, 0.3) is 0 Å². The van der Waals surface area contributed by atoms with E-state index < -0.39 is 0 Å². The van der Waals surface area contributed by atoms with Crippen molar-refractivity contribution in [3.8, 4) is 5.75 Å². The van der Waals surface area contributed by atoms with Crippen LogP contribution in [-0.2, 0) is 11.2 Å². The van der Waals surface area contributed by atoms with Gasteiger partial charge in [0.1, 0.15) is 24.7 Å². The third-order valence-electron chi connectivity index (χ3n) is 4.99. The molecule has 3 amide bonds. The molecule has 166 valence electrons. The molecule has 3 rings (SSSR count). The fourth-order valence-corrected chi connectivity index (χ4v) is 4.50. The van der Waals surface area contributed by atoms with Crippen LogP contribution >= 0.6 is 11.3 Å². The zero-order valence-electron chi connectivity index (χ0n) is 17.8. The number of halogens is 1. The van der Waals surface area contributed by atoms with E-state index in [0.717, 1.165) is 12.0 Å². The molecule has 1 aromatic carbocycles. The number of carbonyl (C=O) groups is 2. The predicted molar refractivity (Wildman–Crippen MR) is 120 cm³/mol. The Morgan fingerprint density at radius 3 is 2.94 bits per heavy atom. The number of urea groups is 1. The van der Waals surface area contributed by atoms with Crippen molar-refractivity contribution in [2.75, 3.05) is 26.2 Å². The van der Waals surface area contributed by atoms with Gasteiger partial charge in [-0.15, -0.1) is 17.9 Å². The van der Waals surface area contributed by atoms with Gasteiger partial charge in [0.2, 0.25) is 5.91 Å². The van der Waals surface area contributed by atoms with Crippen molar-refractivity contribution >= 4 is 23.3 Å². The minimum absolute atomic E-state index is 0.0364. The van der Waals surface area contributed by atoms with Crippen molar-refractivity contribution in [2.45, 2.75) is 32.4 Å². The van der Waals surface area contributed by atoms with E-state index in [2.05, 4.69) is 11.9 Å². The van der Waals surface area contributed by atoms with Crippen LogP contribution in [0.3, 0.4) is 0 Å². The highest BCUT2D eigenvalue weighted by atomic mass is 32.1. The highest BCUT2D eigenvalue weighted by Gasteiger charge is 2.33. The van der Waals surface area contributed by atoms with Gasteiger partial charge < -0.3 is 19.9 Å². The molecule has 0 saturated heterocycles. The number of thiophene rings is 1. The van der Waals surface area contributed by atoms with Gasteiger partial charge >= 0.3 is 6.03 Å². The molecule has 1 N–H and O–H groups in total. The zero-order chi connectivity index (χ0) is 22.4. The van der Waals surface area contributed by atoms with E-state index in [1.54, 1.807) is 34.4 Å². The fraction of sp³-hybridized carbons (Fsp3) is 0.391. The first kappa shape index (κ1) is 22.8. The van der Waals surface area contributed by atoms with Crippen molar-refractivity contribution in [1.82, 2.24) is 15.1 Å². The van der Waals surface area contributed by atoms with Crippen LogP contribution in [0.1, 0.15) is 30.3 Å². The summed E-state index contributed by atoms with van der Waals surface area (Å²) in [6.07, 6.45) is 2.36. The molecular formula is C23H28FN3O3S. The average Bonchev–Trinajstić information content (AvgIpc) is 3.20. The first-order valence-electron chi connectivity index (χ1n) is 10.3. The number of hydrogen-bond donors (Lipinski definition) is 1. The van der Waals surface area contributed by atoms with Crippen molar-refractivity contribution in [1.29, 1.82) is 0 Å². The van der Waals surface area contributed by atoms with Crippen LogP contribution in [0.25, 0.3) is 0 Å². The quantitative estimate of drug-likeness (QED) is 0.625. The Hall–Kier alpha value is -2.87. The molecule has 0 radical (unpaired) electrons. The third kappa shape index (κ3) is 5.85. The lowest BCUT2D eigenvalue weighted by atomic mass is 10.0. The van der Waals surface area contributed by atoms with E-state index in [0.29, 0.717) is 12.3 Å². The summed E-state index contributed by atoms with van der Waals surface area (Å²) in [4.78, 5) is 30.1. The summed E-state index contributed by atoms with van der Waals surface area (Å²) < 4.78 is 19.4. The number of fused-ring (bicyclic) bond motifs is 1. The SMILES string of the molecule is C=CCN(CC(=O)N1CCc2sccc2C1COc1cccc(F)c1)C(=O)NC(C)C. The van der Waals surface area contributed by atoms with Gasteiger partial charge in [0, 0.05) is 30.1 Å². The second-order valence-electron chi connectivity index (χ2n) is 7.69. The van der Waals surface area contributed by atoms with Crippen LogP contribution in [0.2, 0.25) is 0 Å². The van der Waals surface area contributed by atoms with E-state index in [9.17, 15) is 14.0 Å². The molecular weight excluding hydrogens is 417 g/mol. The monoisotopic (exact) mass is 445 g/mol. The maximum Gasteiger partial charge on any atom is 0.318 e. The fourth-order valence-electron chi connectivity index (χ4n) is 3.57. The van der Waals surface area contributed by atoms with Crippen LogP contribution in [0.15, 0.2) is 48.4 Å². The number of carbonyl (C=O) groups excluding carboxylic acids is 2. The number of amides is 3. The first-order valence-corrected chi connectivity index (χ1v) is 11.2. The molecule has 1 atom stereocenters. The van der Waals surface area contributed by atoms with Crippen molar-refractivity contribution in [2.24, 2.45) is 0 Å². The standard InChI is InChI=1S/C23H28FN3O3S/c1-4-10-26(23(29)25-16(2)3)14-22(28)27-11-8-21-19(9-12-31-21)20(27)15-30-18-7-5-6-17(24)13-18/h4-7,9,12-13,16,20H,1,8,10-11,14-15H2,2-3H3,(H,25,29). The molecule has 1 aromatic heterocycles. The van der Waals surface area contributed by atoms with Gasteiger partial charge in [-0.05, 0) is 49.4 Å². The van der Waals surface area contributed by atoms with Crippen LogP contribution in [0.4, 0.5) is 9.18 Å². The molecule has 0 fully saturated rings. The summed E-state index contributed by atoms with van der Waals surface area (Å²) in [6.45, 7) is 8.39. The Balaban J connectivity index is 1.76. The van der Waals surface area contributed by atoms with Gasteiger partial charge in [-0.25, -0.2) is 9.18 Å². The van der Waals surface area contributed by atoms with Gasteiger partial charge in [0.05, 0.1) is 6.04 Å². The summed E-state index contributed by atoms with van der Waals surface area (Å²) in [7, 11) is 0. The lowest BCUT2D eigenvalue weighted by Gasteiger charge is -2.37. The van der Waals surface area contributed by atoms with Gasteiger partial charge in [0.15, 0.2) is 0 Å². The predicted octanol–water partition coefficient (Wildman–Crippen LogP) is 4.00. The molecule has 2 heterocycles. The Bertz CT molecular complexity index is 930. The molecule has 0 spiro atoms. The molecule has 2 aromatic rings. The number of benzene rings is 1. The van der Waals surface area contributed by atoms with E-state index >= 15 is 0 Å². The van der Waals surface area contributed by atoms with Gasteiger partial charge in [-0.3, -0.25) is 4.79 Å². The second-order valence-corrected chi connectivity index (χ2v) is 8.69. The Morgan fingerprint density at radius 2 is 2.23 bits per heavy atom. The first-order chi connectivity index (χ1) is 14.9. The summed E-state index contributed by atoms with van der Waals surface area (Å²) in [6, 6.07) is 7.33. The van der Waals surface area contributed by atoms with Crippen molar-refractivity contribution in [3.63, 3.8) is 0 Å². The van der Waals surface area contributed by atoms with Gasteiger partial charge in [-0.1, -0.05) is 12.1 Å². The topological polar surface area (TPSA) is 61.9 Å². The number of ether oxygens (including phenoxy) is 1. The Kier molecular flexibility index (Phi) is 7.68. The van der Waals surface area contributed by atoms with E-state index in [1.165, 1.54) is 21.9 Å². The van der Waals surface area contributed by atoms with E-state index in [4.69, 9.17) is 4.74 Å². The molecule has 6 nitrogen and oxygen atoms in total. The molecule has 1 aliphatic rings. The average molecular weight is 446 g/mol. The normalized spacial score (nSPS) is 15.4. The lowest BCUT2D eigenvalue weighted by molar-refractivity contribution is -0.135. The molecule has 31 heavy (non-hydrogen) atoms. The van der Waals surface area contributed by atoms with Crippen LogP contribution in [-0.4, -0.2) is 54.0 Å². The highest BCUT2D eigenvalue weighted by molar-refractivity contribution is 7.10. The largest absolute Gasteiger partial charge is 0.491 e. The number of nitrogens with zero attached hydrogens (tertiary/aromatic N) is 2. The summed E-state index contributed by atoms with van der Waals surface area (Å²) in [5.74, 6) is -0.119. The minimum atomic E-state index is -0.374. The van der Waals surface area contributed by atoms with Crippen molar-refractivity contribution in [3.05, 3.63) is 64.6 Å². The summed E-state index contributed by atoms with van der Waals surface area (Å²) in [5.41, 5.74) is 1.04. The highest BCUT2D eigenvalue weighted by Crippen LogP contribution is 2.34. The van der Waals surface area contributed by atoms with E-state index in [-0.39, 0.29) is 49.5 Å². The molecule has 0 saturated carbocycles. The van der Waals surface area contributed by atoms with Gasteiger partial charge in [-0.2, -0.15) is 0 Å². The maximum atomic E-state index is 13.5. The van der Waals surface area contributed by atoms with Crippen LogP contribution in [0, 0.1) is 5.82 Å².